The fraction of sp³-hybridized carbons (Fsp3) is 0.400. The first kappa shape index (κ1) is 14.2. The second-order valence-corrected chi connectivity index (χ2v) is 4.77. The quantitative estimate of drug-likeness (QED) is 0.879. The molecule has 1 heterocycles. The number of benzene rings is 1. The van der Waals surface area contributed by atoms with Crippen molar-refractivity contribution >= 4 is 11.6 Å². The number of nitrogens with one attached hydrogen (secondary N) is 1. The van der Waals surface area contributed by atoms with Gasteiger partial charge in [-0.15, -0.1) is 0 Å². The third-order valence-corrected chi connectivity index (χ3v) is 3.26. The van der Waals surface area contributed by atoms with Crippen LogP contribution in [0.1, 0.15) is 30.9 Å². The number of hydrogen-bond acceptors (Lipinski definition) is 3. The van der Waals surface area contributed by atoms with Gasteiger partial charge in [0.15, 0.2) is 0 Å². The van der Waals surface area contributed by atoms with Crippen LogP contribution in [0.4, 0.5) is 5.69 Å². The van der Waals surface area contributed by atoms with Gasteiger partial charge in [-0.2, -0.15) is 5.10 Å². The van der Waals surface area contributed by atoms with E-state index in [0.717, 1.165) is 24.1 Å². The molecular weight excluding hydrogens is 252 g/mol. The molecule has 0 spiro atoms. The lowest BCUT2D eigenvalue weighted by molar-refractivity contribution is -0.116. The third-order valence-electron chi connectivity index (χ3n) is 3.26. The predicted molar refractivity (Wildman–Crippen MR) is 78.4 cm³/mol. The van der Waals surface area contributed by atoms with Gasteiger partial charge in [0.2, 0.25) is 5.91 Å². The van der Waals surface area contributed by atoms with Crippen molar-refractivity contribution in [3.63, 3.8) is 0 Å². The fourth-order valence-electron chi connectivity index (χ4n) is 2.15. The number of hydrogen-bond donors (Lipinski definition) is 1. The second-order valence-electron chi connectivity index (χ2n) is 4.77. The number of nitrogens with zero attached hydrogens (tertiary/aromatic N) is 3. The Morgan fingerprint density at radius 3 is 2.95 bits per heavy atom. The smallest absolute Gasteiger partial charge is 0.224 e. The fourth-order valence-corrected chi connectivity index (χ4v) is 2.15. The number of carbonyl (C=O) groups excluding carboxylic acids is 1. The summed E-state index contributed by atoms with van der Waals surface area (Å²) >= 11 is 0. The summed E-state index contributed by atoms with van der Waals surface area (Å²) in [7, 11) is 0. The molecule has 2 rings (SSSR count). The molecule has 1 N–H and O–H groups in total. The van der Waals surface area contributed by atoms with E-state index in [4.69, 9.17) is 0 Å². The summed E-state index contributed by atoms with van der Waals surface area (Å²) in [5.74, 6) is 0.0501. The Kier molecular flexibility index (Phi) is 4.87. The average molecular weight is 272 g/mol. The average Bonchev–Trinajstić information content (AvgIpc) is 2.94. The monoisotopic (exact) mass is 272 g/mol. The molecule has 0 atom stereocenters. The van der Waals surface area contributed by atoms with E-state index < -0.39 is 0 Å². The summed E-state index contributed by atoms with van der Waals surface area (Å²) in [5.41, 5.74) is 3.24. The van der Waals surface area contributed by atoms with E-state index in [0.29, 0.717) is 13.0 Å². The summed E-state index contributed by atoms with van der Waals surface area (Å²) in [6.45, 7) is 4.82. The van der Waals surface area contributed by atoms with Crippen molar-refractivity contribution in [2.24, 2.45) is 0 Å². The first-order valence-corrected chi connectivity index (χ1v) is 6.91. The Morgan fingerprint density at radius 2 is 2.25 bits per heavy atom. The minimum Gasteiger partial charge on any atom is -0.326 e. The summed E-state index contributed by atoms with van der Waals surface area (Å²) in [6.07, 6.45) is 5.31. The number of rotatable bonds is 6. The molecule has 20 heavy (non-hydrogen) atoms. The van der Waals surface area contributed by atoms with Crippen LogP contribution in [0.5, 0.6) is 0 Å². The van der Waals surface area contributed by atoms with Gasteiger partial charge in [-0.1, -0.05) is 25.1 Å². The molecule has 1 amide bonds. The van der Waals surface area contributed by atoms with Gasteiger partial charge in [0.1, 0.15) is 12.7 Å². The van der Waals surface area contributed by atoms with Crippen LogP contribution >= 0.6 is 0 Å². The lowest BCUT2D eigenvalue weighted by Gasteiger charge is -2.12. The number of aromatic nitrogens is 3. The largest absolute Gasteiger partial charge is 0.326 e. The number of anilines is 1. The Bertz CT molecular complexity index is 563. The summed E-state index contributed by atoms with van der Waals surface area (Å²) in [4.78, 5) is 15.9. The Hall–Kier alpha value is -2.17. The van der Waals surface area contributed by atoms with Gasteiger partial charge >= 0.3 is 0 Å². The molecule has 1 aromatic carbocycles. The van der Waals surface area contributed by atoms with Gasteiger partial charge < -0.3 is 5.32 Å². The van der Waals surface area contributed by atoms with E-state index in [9.17, 15) is 4.79 Å². The van der Waals surface area contributed by atoms with Crippen molar-refractivity contribution in [2.45, 2.75) is 39.7 Å². The van der Waals surface area contributed by atoms with Crippen LogP contribution in [-0.2, 0) is 17.8 Å². The van der Waals surface area contributed by atoms with Crippen molar-refractivity contribution in [2.75, 3.05) is 5.32 Å². The van der Waals surface area contributed by atoms with Crippen LogP contribution in [0.3, 0.4) is 0 Å². The van der Waals surface area contributed by atoms with E-state index in [2.05, 4.69) is 28.4 Å². The van der Waals surface area contributed by atoms with Gasteiger partial charge in [0.05, 0.1) is 0 Å². The van der Waals surface area contributed by atoms with Gasteiger partial charge in [0, 0.05) is 18.7 Å². The van der Waals surface area contributed by atoms with Gasteiger partial charge in [0.25, 0.3) is 0 Å². The molecule has 0 aliphatic rings. The molecule has 0 unspecified atom stereocenters. The number of para-hydroxylation sites is 1. The predicted octanol–water partition coefficient (Wildman–Crippen LogP) is 2.57. The summed E-state index contributed by atoms with van der Waals surface area (Å²) in [6, 6.07) is 6.09. The minimum atomic E-state index is 0.0501. The van der Waals surface area contributed by atoms with Crippen molar-refractivity contribution in [1.29, 1.82) is 0 Å². The first-order chi connectivity index (χ1) is 9.70. The zero-order valence-corrected chi connectivity index (χ0v) is 12.0. The molecule has 0 saturated carbocycles. The van der Waals surface area contributed by atoms with E-state index in [1.807, 2.05) is 19.1 Å². The normalized spacial score (nSPS) is 10.5. The van der Waals surface area contributed by atoms with Crippen LogP contribution in [0.25, 0.3) is 0 Å². The minimum absolute atomic E-state index is 0.0501. The molecule has 5 nitrogen and oxygen atoms in total. The SMILES string of the molecule is CCc1cccc(C)c1NC(=O)CCCn1cncn1. The number of amides is 1. The van der Waals surface area contributed by atoms with E-state index >= 15 is 0 Å². The number of aryl methyl sites for hydroxylation is 3. The van der Waals surface area contributed by atoms with Crippen LogP contribution in [-0.4, -0.2) is 20.7 Å². The van der Waals surface area contributed by atoms with Crippen molar-refractivity contribution in [1.82, 2.24) is 14.8 Å². The maximum Gasteiger partial charge on any atom is 0.224 e. The molecule has 0 aliphatic carbocycles. The maximum atomic E-state index is 12.0. The zero-order chi connectivity index (χ0) is 14.4. The Labute approximate surface area is 119 Å². The molecular formula is C15H20N4O. The van der Waals surface area contributed by atoms with Gasteiger partial charge in [-0.3, -0.25) is 9.48 Å². The maximum absolute atomic E-state index is 12.0. The molecule has 0 bridgehead atoms. The number of carbonyl (C=O) groups is 1. The summed E-state index contributed by atoms with van der Waals surface area (Å²) in [5, 5.41) is 7.04. The molecule has 5 heteroatoms. The van der Waals surface area contributed by atoms with E-state index in [1.165, 1.54) is 11.9 Å². The van der Waals surface area contributed by atoms with Crippen LogP contribution in [0.15, 0.2) is 30.9 Å². The van der Waals surface area contributed by atoms with Gasteiger partial charge in [-0.05, 0) is 30.9 Å². The molecule has 0 saturated heterocycles. The lowest BCUT2D eigenvalue weighted by Crippen LogP contribution is -2.14. The highest BCUT2D eigenvalue weighted by Crippen LogP contribution is 2.21. The Morgan fingerprint density at radius 1 is 1.40 bits per heavy atom. The van der Waals surface area contributed by atoms with Crippen LogP contribution < -0.4 is 5.32 Å². The standard InChI is InChI=1S/C15H20N4O/c1-3-13-7-4-6-12(2)15(13)18-14(20)8-5-9-19-11-16-10-17-19/h4,6-7,10-11H,3,5,8-9H2,1-2H3,(H,18,20). The molecule has 2 aromatic rings. The Balaban J connectivity index is 1.88. The zero-order valence-electron chi connectivity index (χ0n) is 12.0. The molecule has 0 fully saturated rings. The summed E-state index contributed by atoms with van der Waals surface area (Å²) < 4.78 is 1.73. The van der Waals surface area contributed by atoms with E-state index in [-0.39, 0.29) is 5.91 Å². The van der Waals surface area contributed by atoms with Crippen LogP contribution in [0, 0.1) is 6.92 Å². The third kappa shape index (κ3) is 3.66. The van der Waals surface area contributed by atoms with Crippen molar-refractivity contribution in [3.05, 3.63) is 42.0 Å². The topological polar surface area (TPSA) is 59.8 Å². The lowest BCUT2D eigenvalue weighted by atomic mass is 10.1. The molecule has 106 valence electrons. The highest BCUT2D eigenvalue weighted by atomic mass is 16.1. The van der Waals surface area contributed by atoms with Crippen molar-refractivity contribution in [3.8, 4) is 0 Å². The first-order valence-electron chi connectivity index (χ1n) is 6.91. The highest BCUT2D eigenvalue weighted by Gasteiger charge is 2.08. The molecule has 1 aromatic heterocycles. The van der Waals surface area contributed by atoms with Gasteiger partial charge in [-0.25, -0.2) is 4.98 Å². The van der Waals surface area contributed by atoms with E-state index in [1.54, 1.807) is 11.0 Å². The molecule has 0 radical (unpaired) electrons. The van der Waals surface area contributed by atoms with Crippen LogP contribution in [0.2, 0.25) is 0 Å². The second kappa shape index (κ2) is 6.84. The molecule has 0 aliphatic heterocycles. The highest BCUT2D eigenvalue weighted by molar-refractivity contribution is 5.92. The van der Waals surface area contributed by atoms with Crippen molar-refractivity contribution < 1.29 is 4.79 Å².